The van der Waals surface area contributed by atoms with Gasteiger partial charge in [-0.3, -0.25) is 14.6 Å². The number of pyridine rings is 2. The standard InChI is InChI=1S/C15H15F2N3O2/c16-15(17)4-1-2-8(7-15)10-6-11(21)12-9(20-10)3-5-19-13(12)14(18)22/h3,5-6,8H,1-2,4,7H2,(H2,18,22)(H,20,21)/t8-/m0/s1. The van der Waals surface area contributed by atoms with Crippen molar-refractivity contribution in [1.82, 2.24) is 9.97 Å². The maximum atomic E-state index is 13.6. The van der Waals surface area contributed by atoms with Crippen molar-refractivity contribution in [3.8, 4) is 0 Å². The summed E-state index contributed by atoms with van der Waals surface area (Å²) in [4.78, 5) is 30.4. The molecule has 1 amide bonds. The third-order valence-corrected chi connectivity index (χ3v) is 4.08. The second-order valence-corrected chi connectivity index (χ2v) is 5.68. The Morgan fingerprint density at radius 1 is 1.45 bits per heavy atom. The molecule has 2 aromatic rings. The number of fused-ring (bicyclic) bond motifs is 1. The van der Waals surface area contributed by atoms with E-state index in [9.17, 15) is 18.4 Å². The van der Waals surface area contributed by atoms with Crippen LogP contribution in [0.3, 0.4) is 0 Å². The van der Waals surface area contributed by atoms with Crippen LogP contribution in [-0.2, 0) is 0 Å². The number of amides is 1. The van der Waals surface area contributed by atoms with E-state index in [4.69, 9.17) is 5.73 Å². The number of alkyl halides is 2. The van der Waals surface area contributed by atoms with Gasteiger partial charge in [0.2, 0.25) is 5.92 Å². The second-order valence-electron chi connectivity index (χ2n) is 5.68. The van der Waals surface area contributed by atoms with Crippen molar-refractivity contribution in [2.24, 2.45) is 5.73 Å². The molecule has 0 aromatic carbocycles. The molecule has 3 rings (SSSR count). The van der Waals surface area contributed by atoms with Crippen molar-refractivity contribution in [3.63, 3.8) is 0 Å². The third-order valence-electron chi connectivity index (χ3n) is 4.08. The Hall–Kier alpha value is -2.31. The Balaban J connectivity index is 2.11. The fourth-order valence-electron chi connectivity index (χ4n) is 3.06. The van der Waals surface area contributed by atoms with Gasteiger partial charge in [0.25, 0.3) is 5.91 Å². The van der Waals surface area contributed by atoms with Crippen molar-refractivity contribution < 1.29 is 13.6 Å². The normalized spacial score (nSPS) is 20.9. The summed E-state index contributed by atoms with van der Waals surface area (Å²) >= 11 is 0. The largest absolute Gasteiger partial charge is 0.364 e. The van der Waals surface area contributed by atoms with E-state index in [2.05, 4.69) is 9.97 Å². The van der Waals surface area contributed by atoms with Crippen molar-refractivity contribution in [2.45, 2.75) is 37.5 Å². The summed E-state index contributed by atoms with van der Waals surface area (Å²) in [6.07, 6.45) is 1.99. The minimum absolute atomic E-state index is 0.0984. The van der Waals surface area contributed by atoms with Crippen molar-refractivity contribution >= 4 is 16.8 Å². The van der Waals surface area contributed by atoms with Crippen molar-refractivity contribution in [2.75, 3.05) is 0 Å². The second kappa shape index (κ2) is 5.15. The first-order valence-electron chi connectivity index (χ1n) is 7.07. The molecule has 0 unspecified atom stereocenters. The molecule has 2 aromatic heterocycles. The van der Waals surface area contributed by atoms with Gasteiger partial charge in [-0.25, -0.2) is 8.78 Å². The van der Waals surface area contributed by atoms with E-state index < -0.39 is 23.2 Å². The van der Waals surface area contributed by atoms with Crippen LogP contribution in [0, 0.1) is 0 Å². The van der Waals surface area contributed by atoms with E-state index >= 15 is 0 Å². The number of aromatic nitrogens is 2. The Morgan fingerprint density at radius 3 is 2.91 bits per heavy atom. The summed E-state index contributed by atoms with van der Waals surface area (Å²) in [6, 6.07) is 2.82. The summed E-state index contributed by atoms with van der Waals surface area (Å²) in [6.45, 7) is 0. The van der Waals surface area contributed by atoms with Crippen LogP contribution in [0.1, 0.15) is 47.8 Å². The number of halogens is 2. The molecule has 22 heavy (non-hydrogen) atoms. The number of nitrogens with zero attached hydrogens (tertiary/aromatic N) is 1. The molecule has 1 fully saturated rings. The van der Waals surface area contributed by atoms with E-state index in [1.165, 1.54) is 18.3 Å². The predicted octanol–water partition coefficient (Wildman–Crippen LogP) is 2.31. The Kier molecular flexibility index (Phi) is 3.42. The lowest BCUT2D eigenvalue weighted by molar-refractivity contribution is -0.0412. The molecule has 2 heterocycles. The predicted molar refractivity (Wildman–Crippen MR) is 77.0 cm³/mol. The van der Waals surface area contributed by atoms with Crippen LogP contribution in [0.2, 0.25) is 0 Å². The van der Waals surface area contributed by atoms with Gasteiger partial charge in [-0.1, -0.05) is 0 Å². The molecule has 0 spiro atoms. The van der Waals surface area contributed by atoms with E-state index in [0.717, 1.165) is 0 Å². The summed E-state index contributed by atoms with van der Waals surface area (Å²) in [7, 11) is 0. The molecule has 116 valence electrons. The number of hydrogen-bond donors (Lipinski definition) is 2. The quantitative estimate of drug-likeness (QED) is 0.892. The molecule has 5 nitrogen and oxygen atoms in total. The Bertz CT molecular complexity index is 801. The lowest BCUT2D eigenvalue weighted by Gasteiger charge is -2.29. The molecular formula is C15H15F2N3O2. The van der Waals surface area contributed by atoms with Crippen LogP contribution in [0.5, 0.6) is 0 Å². The number of primary amides is 1. The minimum Gasteiger partial charge on any atom is -0.364 e. The fraction of sp³-hybridized carbons (Fsp3) is 0.400. The minimum atomic E-state index is -2.70. The molecule has 1 atom stereocenters. The smallest absolute Gasteiger partial charge is 0.268 e. The monoisotopic (exact) mass is 307 g/mol. The molecule has 1 aliphatic rings. The Morgan fingerprint density at radius 2 is 2.23 bits per heavy atom. The Labute approximate surface area is 124 Å². The number of hydrogen-bond acceptors (Lipinski definition) is 3. The summed E-state index contributed by atoms with van der Waals surface area (Å²) in [5.74, 6) is -3.90. The van der Waals surface area contributed by atoms with Gasteiger partial charge in [-0.2, -0.15) is 0 Å². The summed E-state index contributed by atoms with van der Waals surface area (Å²) in [5, 5.41) is 0.0984. The van der Waals surface area contributed by atoms with Crippen molar-refractivity contribution in [1.29, 1.82) is 0 Å². The summed E-state index contributed by atoms with van der Waals surface area (Å²) in [5.41, 5.74) is 5.53. The number of carbonyl (C=O) groups excluding carboxylic acids is 1. The van der Waals surface area contributed by atoms with Crippen LogP contribution >= 0.6 is 0 Å². The van der Waals surface area contributed by atoms with E-state index in [1.54, 1.807) is 0 Å². The van der Waals surface area contributed by atoms with Crippen molar-refractivity contribution in [3.05, 3.63) is 39.9 Å². The first kappa shape index (κ1) is 14.6. The first-order valence-corrected chi connectivity index (χ1v) is 7.07. The van der Waals surface area contributed by atoms with E-state index in [1.807, 2.05) is 0 Å². The van der Waals surface area contributed by atoms with Gasteiger partial charge >= 0.3 is 0 Å². The molecular weight excluding hydrogens is 292 g/mol. The first-order chi connectivity index (χ1) is 10.4. The number of H-pyrrole nitrogens is 1. The van der Waals surface area contributed by atoms with Crippen LogP contribution < -0.4 is 11.2 Å². The third kappa shape index (κ3) is 2.58. The van der Waals surface area contributed by atoms with Gasteiger partial charge in [0.1, 0.15) is 5.69 Å². The molecule has 1 saturated carbocycles. The van der Waals surface area contributed by atoms with Crippen LogP contribution in [0.25, 0.3) is 10.9 Å². The zero-order valence-corrected chi connectivity index (χ0v) is 11.7. The number of nitrogens with one attached hydrogen (secondary N) is 1. The molecule has 0 radical (unpaired) electrons. The van der Waals surface area contributed by atoms with Crippen LogP contribution in [-0.4, -0.2) is 21.8 Å². The molecule has 0 aliphatic heterocycles. The maximum Gasteiger partial charge on any atom is 0.268 e. The average molecular weight is 307 g/mol. The van der Waals surface area contributed by atoms with Gasteiger partial charge in [-0.15, -0.1) is 0 Å². The number of carbonyl (C=O) groups is 1. The highest BCUT2D eigenvalue weighted by Crippen LogP contribution is 2.41. The van der Waals surface area contributed by atoms with Gasteiger partial charge in [0.15, 0.2) is 5.43 Å². The zero-order chi connectivity index (χ0) is 15.9. The van der Waals surface area contributed by atoms with Crippen LogP contribution in [0.4, 0.5) is 8.78 Å². The topological polar surface area (TPSA) is 88.8 Å². The SMILES string of the molecule is NC(=O)c1nccc2[nH]c([C@H]3CCCC(F)(F)C3)cc(=O)c12. The highest BCUT2D eigenvalue weighted by atomic mass is 19.3. The van der Waals surface area contributed by atoms with E-state index in [-0.39, 0.29) is 23.9 Å². The highest BCUT2D eigenvalue weighted by Gasteiger charge is 2.37. The number of aromatic amines is 1. The zero-order valence-electron chi connectivity index (χ0n) is 11.7. The molecule has 7 heteroatoms. The number of rotatable bonds is 2. The van der Waals surface area contributed by atoms with Gasteiger partial charge in [0, 0.05) is 36.7 Å². The molecule has 0 bridgehead atoms. The highest BCUT2D eigenvalue weighted by molar-refractivity contribution is 6.03. The lowest BCUT2D eigenvalue weighted by atomic mass is 9.84. The molecule has 0 saturated heterocycles. The van der Waals surface area contributed by atoms with E-state index in [0.29, 0.717) is 24.1 Å². The van der Waals surface area contributed by atoms with Crippen LogP contribution in [0.15, 0.2) is 23.1 Å². The summed E-state index contributed by atoms with van der Waals surface area (Å²) < 4.78 is 27.1. The fourth-order valence-corrected chi connectivity index (χ4v) is 3.06. The van der Waals surface area contributed by atoms with Gasteiger partial charge < -0.3 is 10.7 Å². The van der Waals surface area contributed by atoms with Gasteiger partial charge in [-0.05, 0) is 18.9 Å². The van der Waals surface area contributed by atoms with Gasteiger partial charge in [0.05, 0.1) is 10.9 Å². The maximum absolute atomic E-state index is 13.6. The lowest BCUT2D eigenvalue weighted by Crippen LogP contribution is -2.26. The average Bonchev–Trinajstić information content (AvgIpc) is 2.45. The molecule has 1 aliphatic carbocycles. The number of nitrogens with two attached hydrogens (primary N) is 1. The molecule has 3 N–H and O–H groups in total.